The van der Waals surface area contributed by atoms with Gasteiger partial charge in [0.25, 0.3) is 0 Å². The number of carboxylic acid groups (broad SMARTS) is 1. The fourth-order valence-electron chi connectivity index (χ4n) is 2.07. The normalized spacial score (nSPS) is 28.9. The summed E-state index contributed by atoms with van der Waals surface area (Å²) in [4.78, 5) is 26.0. The zero-order valence-corrected chi connectivity index (χ0v) is 10.1. The van der Waals surface area contributed by atoms with Gasteiger partial charge in [-0.3, -0.25) is 9.69 Å². The molecule has 1 saturated carbocycles. The third-order valence-corrected chi connectivity index (χ3v) is 3.44. The number of aliphatic carboxylic acids is 1. The van der Waals surface area contributed by atoms with Crippen molar-refractivity contribution in [3.63, 3.8) is 0 Å². The minimum atomic E-state index is -0.810. The van der Waals surface area contributed by atoms with Crippen LogP contribution in [0.4, 0.5) is 4.79 Å². The number of nitrogens with zero attached hydrogens (tertiary/aromatic N) is 2. The molecule has 1 heterocycles. The van der Waals surface area contributed by atoms with Crippen molar-refractivity contribution in [1.82, 2.24) is 15.1 Å². The molecular formula is C11H19N3O3. The van der Waals surface area contributed by atoms with E-state index in [1.807, 2.05) is 4.90 Å². The highest BCUT2D eigenvalue weighted by Crippen LogP contribution is 2.29. The molecule has 2 aliphatic rings. The van der Waals surface area contributed by atoms with Crippen LogP contribution >= 0.6 is 0 Å². The van der Waals surface area contributed by atoms with E-state index in [1.54, 1.807) is 4.90 Å². The summed E-state index contributed by atoms with van der Waals surface area (Å²) in [6.45, 7) is 4.69. The van der Waals surface area contributed by atoms with Gasteiger partial charge in [0.15, 0.2) is 0 Å². The van der Waals surface area contributed by atoms with Crippen molar-refractivity contribution < 1.29 is 14.7 Å². The quantitative estimate of drug-likeness (QED) is 0.718. The van der Waals surface area contributed by atoms with E-state index in [-0.39, 0.29) is 12.6 Å². The highest BCUT2D eigenvalue weighted by atomic mass is 16.4. The lowest BCUT2D eigenvalue weighted by Crippen LogP contribution is -2.53. The third kappa shape index (κ3) is 3.33. The van der Waals surface area contributed by atoms with Crippen LogP contribution in [0.25, 0.3) is 0 Å². The van der Waals surface area contributed by atoms with Gasteiger partial charge in [0.05, 0.1) is 6.54 Å². The van der Waals surface area contributed by atoms with Gasteiger partial charge in [-0.15, -0.1) is 0 Å². The molecular weight excluding hydrogens is 222 g/mol. The minimum absolute atomic E-state index is 0.00525. The fourth-order valence-corrected chi connectivity index (χ4v) is 2.07. The summed E-state index contributed by atoms with van der Waals surface area (Å²) in [5, 5.41) is 11.6. The van der Waals surface area contributed by atoms with Gasteiger partial charge in [-0.2, -0.15) is 0 Å². The first-order valence-corrected chi connectivity index (χ1v) is 6.06. The van der Waals surface area contributed by atoms with Gasteiger partial charge < -0.3 is 15.3 Å². The molecule has 2 unspecified atom stereocenters. The van der Waals surface area contributed by atoms with Crippen LogP contribution in [0.5, 0.6) is 0 Å². The van der Waals surface area contributed by atoms with Crippen LogP contribution in [-0.4, -0.2) is 65.7 Å². The lowest BCUT2D eigenvalue weighted by molar-refractivity contribution is -0.138. The van der Waals surface area contributed by atoms with E-state index in [4.69, 9.17) is 5.11 Å². The average Bonchev–Trinajstić information content (AvgIpc) is 2.94. The van der Waals surface area contributed by atoms with Crippen LogP contribution < -0.4 is 5.32 Å². The third-order valence-electron chi connectivity index (χ3n) is 3.44. The highest BCUT2D eigenvalue weighted by Gasteiger charge is 2.35. The molecule has 1 aliphatic heterocycles. The van der Waals surface area contributed by atoms with Gasteiger partial charge in [-0.25, -0.2) is 4.79 Å². The molecule has 0 radical (unpaired) electrons. The molecule has 2 amide bonds. The lowest BCUT2D eigenvalue weighted by atomic mass is 10.3. The Morgan fingerprint density at radius 3 is 2.35 bits per heavy atom. The van der Waals surface area contributed by atoms with E-state index in [2.05, 4.69) is 12.2 Å². The van der Waals surface area contributed by atoms with E-state index in [9.17, 15) is 9.59 Å². The summed E-state index contributed by atoms with van der Waals surface area (Å²) in [7, 11) is 0. The van der Waals surface area contributed by atoms with Crippen molar-refractivity contribution in [1.29, 1.82) is 0 Å². The van der Waals surface area contributed by atoms with E-state index in [0.29, 0.717) is 38.1 Å². The molecule has 1 saturated heterocycles. The number of hydrogen-bond donors (Lipinski definition) is 2. The molecule has 17 heavy (non-hydrogen) atoms. The molecule has 0 aromatic carbocycles. The molecule has 0 aromatic rings. The van der Waals surface area contributed by atoms with Crippen molar-refractivity contribution in [3.05, 3.63) is 0 Å². The van der Waals surface area contributed by atoms with E-state index < -0.39 is 5.97 Å². The number of carbonyl (C=O) groups excluding carboxylic acids is 1. The Bertz CT molecular complexity index is 313. The smallest absolute Gasteiger partial charge is 0.317 e. The molecule has 2 rings (SSSR count). The highest BCUT2D eigenvalue weighted by molar-refractivity contribution is 5.75. The second-order valence-electron chi connectivity index (χ2n) is 4.93. The van der Waals surface area contributed by atoms with Gasteiger partial charge in [-0.05, 0) is 12.3 Å². The summed E-state index contributed by atoms with van der Waals surface area (Å²) in [6.07, 6.45) is 1.07. The predicted molar refractivity (Wildman–Crippen MR) is 61.7 cm³/mol. The molecule has 96 valence electrons. The molecule has 6 nitrogen and oxygen atoms in total. The summed E-state index contributed by atoms with van der Waals surface area (Å²) >= 11 is 0. The lowest BCUT2D eigenvalue weighted by Gasteiger charge is -2.33. The Balaban J connectivity index is 1.70. The number of carbonyl (C=O) groups is 2. The predicted octanol–water partition coefficient (Wildman–Crippen LogP) is -0.193. The van der Waals surface area contributed by atoms with Crippen molar-refractivity contribution in [2.75, 3.05) is 32.7 Å². The van der Waals surface area contributed by atoms with E-state index in [0.717, 1.165) is 6.42 Å². The molecule has 0 aromatic heterocycles. The Labute approximate surface area is 101 Å². The number of hydrogen-bond acceptors (Lipinski definition) is 3. The van der Waals surface area contributed by atoms with Crippen molar-refractivity contribution in [2.45, 2.75) is 19.4 Å². The summed E-state index contributed by atoms with van der Waals surface area (Å²) in [6, 6.07) is 0.342. The molecule has 0 spiro atoms. The maximum atomic E-state index is 11.8. The van der Waals surface area contributed by atoms with Crippen LogP contribution in [0.15, 0.2) is 0 Å². The van der Waals surface area contributed by atoms with Gasteiger partial charge in [0.1, 0.15) is 0 Å². The molecule has 6 heteroatoms. The van der Waals surface area contributed by atoms with E-state index in [1.165, 1.54) is 0 Å². The number of amides is 2. The largest absolute Gasteiger partial charge is 0.480 e. The molecule has 2 N–H and O–H groups in total. The number of urea groups is 1. The van der Waals surface area contributed by atoms with E-state index >= 15 is 0 Å². The number of nitrogens with one attached hydrogen (secondary N) is 1. The topological polar surface area (TPSA) is 72.9 Å². The fraction of sp³-hybridized carbons (Fsp3) is 0.818. The Hall–Kier alpha value is -1.30. The summed E-state index contributed by atoms with van der Waals surface area (Å²) in [5.41, 5.74) is 0. The van der Waals surface area contributed by atoms with Crippen LogP contribution in [0, 0.1) is 5.92 Å². The average molecular weight is 241 g/mol. The Morgan fingerprint density at radius 2 is 1.88 bits per heavy atom. The van der Waals surface area contributed by atoms with Gasteiger partial charge >= 0.3 is 12.0 Å². The van der Waals surface area contributed by atoms with Crippen molar-refractivity contribution in [2.24, 2.45) is 5.92 Å². The monoisotopic (exact) mass is 241 g/mol. The molecule has 0 bridgehead atoms. The zero-order valence-electron chi connectivity index (χ0n) is 10.1. The first kappa shape index (κ1) is 12.2. The van der Waals surface area contributed by atoms with Crippen molar-refractivity contribution >= 4 is 12.0 Å². The maximum absolute atomic E-state index is 11.8. The van der Waals surface area contributed by atoms with Crippen LogP contribution in [0.1, 0.15) is 13.3 Å². The second kappa shape index (κ2) is 4.91. The molecule has 2 atom stereocenters. The molecule has 1 aliphatic carbocycles. The zero-order chi connectivity index (χ0) is 12.4. The number of carboxylic acids is 1. The number of rotatable bonds is 3. The Morgan fingerprint density at radius 1 is 1.29 bits per heavy atom. The van der Waals surface area contributed by atoms with Gasteiger partial charge in [-0.1, -0.05) is 6.92 Å². The SMILES string of the molecule is CC1CC1NC(=O)N1CCN(CC(=O)O)CC1. The maximum Gasteiger partial charge on any atom is 0.317 e. The first-order valence-electron chi connectivity index (χ1n) is 6.06. The van der Waals surface area contributed by atoms with Crippen molar-refractivity contribution in [3.8, 4) is 0 Å². The Kier molecular flexibility index (Phi) is 3.51. The van der Waals surface area contributed by atoms with Crippen LogP contribution in [0.2, 0.25) is 0 Å². The second-order valence-corrected chi connectivity index (χ2v) is 4.93. The van der Waals surface area contributed by atoms with Crippen LogP contribution in [0.3, 0.4) is 0 Å². The summed E-state index contributed by atoms with van der Waals surface area (Å²) < 4.78 is 0. The minimum Gasteiger partial charge on any atom is -0.480 e. The molecule has 2 fully saturated rings. The summed E-state index contributed by atoms with van der Waals surface area (Å²) in [5.74, 6) is -0.207. The van der Waals surface area contributed by atoms with Gasteiger partial charge in [0, 0.05) is 32.2 Å². The number of piperazine rings is 1. The standard InChI is InChI=1S/C11H19N3O3/c1-8-6-9(8)12-11(17)14-4-2-13(3-5-14)7-10(15)16/h8-9H,2-7H2,1H3,(H,12,17)(H,15,16). The van der Waals surface area contributed by atoms with Crippen LogP contribution in [-0.2, 0) is 4.79 Å². The van der Waals surface area contributed by atoms with Gasteiger partial charge in [0.2, 0.25) is 0 Å². The first-order chi connectivity index (χ1) is 8.06.